The predicted molar refractivity (Wildman–Crippen MR) is 108 cm³/mol. The van der Waals surface area contributed by atoms with Crippen LogP contribution in [0.2, 0.25) is 0 Å². The van der Waals surface area contributed by atoms with Gasteiger partial charge in [-0.05, 0) is 51.2 Å². The molecule has 0 bridgehead atoms. The van der Waals surface area contributed by atoms with Crippen molar-refractivity contribution in [2.75, 3.05) is 13.7 Å². The molecule has 1 aliphatic heterocycles. The van der Waals surface area contributed by atoms with E-state index >= 15 is 0 Å². The van der Waals surface area contributed by atoms with Gasteiger partial charge in [-0.15, -0.1) is 0 Å². The lowest BCUT2D eigenvalue weighted by Gasteiger charge is -2.48. The van der Waals surface area contributed by atoms with Crippen LogP contribution in [0.3, 0.4) is 0 Å². The van der Waals surface area contributed by atoms with Gasteiger partial charge in [-0.2, -0.15) is 0 Å². The molecule has 2 aliphatic carbocycles. The molecule has 0 spiro atoms. The number of allylic oxidation sites excluding steroid dienone is 2. The minimum atomic E-state index is -0.554. The maximum Gasteiger partial charge on any atom is 0.333 e. The van der Waals surface area contributed by atoms with Crippen LogP contribution >= 0.6 is 0 Å². The highest BCUT2D eigenvalue weighted by Crippen LogP contribution is 2.62. The van der Waals surface area contributed by atoms with E-state index in [1.165, 1.54) is 20.1 Å². The number of carbonyl (C=O) groups excluding carboxylic acids is 3. The Morgan fingerprint density at radius 1 is 1.30 bits per heavy atom. The molecule has 7 nitrogen and oxygen atoms in total. The van der Waals surface area contributed by atoms with E-state index in [1.807, 2.05) is 6.92 Å². The number of carbonyl (C=O) groups is 3. The Kier molecular flexibility index (Phi) is 6.25. The van der Waals surface area contributed by atoms with Crippen molar-refractivity contribution in [3.05, 3.63) is 22.8 Å². The van der Waals surface area contributed by atoms with Crippen LogP contribution in [0, 0.1) is 11.3 Å². The van der Waals surface area contributed by atoms with Crippen molar-refractivity contribution < 1.29 is 33.7 Å². The van der Waals surface area contributed by atoms with E-state index in [-0.39, 0.29) is 42.1 Å². The normalized spacial score (nSPS) is 37.9. The van der Waals surface area contributed by atoms with E-state index in [4.69, 9.17) is 14.2 Å². The Morgan fingerprint density at radius 3 is 2.60 bits per heavy atom. The molecule has 0 amide bonds. The molecule has 5 atom stereocenters. The molecule has 0 radical (unpaired) electrons. The van der Waals surface area contributed by atoms with E-state index in [9.17, 15) is 19.5 Å². The van der Waals surface area contributed by atoms with E-state index in [0.717, 1.165) is 12.8 Å². The monoisotopic (exact) mass is 420 g/mol. The Morgan fingerprint density at radius 2 is 2.00 bits per heavy atom. The molecule has 1 heterocycles. The molecular formula is C23H32O7. The van der Waals surface area contributed by atoms with Crippen molar-refractivity contribution >= 4 is 17.7 Å². The zero-order valence-electron chi connectivity index (χ0n) is 18.4. The number of ketones is 1. The van der Waals surface area contributed by atoms with Crippen LogP contribution in [0.4, 0.5) is 0 Å². The zero-order valence-corrected chi connectivity index (χ0v) is 18.4. The number of aliphatic hydroxyl groups is 1. The fourth-order valence-corrected chi connectivity index (χ4v) is 5.44. The summed E-state index contributed by atoms with van der Waals surface area (Å²) in [6.45, 7) is 6.92. The largest absolute Gasteiger partial charge is 0.466 e. The number of fused-ring (bicyclic) bond motifs is 3. The first-order chi connectivity index (χ1) is 14.1. The molecule has 0 aromatic heterocycles. The number of esters is 2. The lowest BCUT2D eigenvalue weighted by Crippen LogP contribution is -2.52. The number of hydrogen-bond donors (Lipinski definition) is 1. The molecule has 1 N–H and O–H groups in total. The summed E-state index contributed by atoms with van der Waals surface area (Å²) in [4.78, 5) is 37.3. The number of hydrogen-bond acceptors (Lipinski definition) is 7. The van der Waals surface area contributed by atoms with E-state index in [2.05, 4.69) is 6.92 Å². The second-order valence-corrected chi connectivity index (χ2v) is 9.16. The highest BCUT2D eigenvalue weighted by Gasteiger charge is 2.68. The minimum absolute atomic E-state index is 0.0406. The summed E-state index contributed by atoms with van der Waals surface area (Å²) < 4.78 is 16.7. The maximum atomic E-state index is 13.1. The number of rotatable bonds is 3. The summed E-state index contributed by atoms with van der Waals surface area (Å²) in [5.74, 6) is -1.30. The van der Waals surface area contributed by atoms with Gasteiger partial charge in [0.1, 0.15) is 6.10 Å². The van der Waals surface area contributed by atoms with Crippen molar-refractivity contribution in [1.29, 1.82) is 0 Å². The highest BCUT2D eigenvalue weighted by atomic mass is 16.6. The maximum absolute atomic E-state index is 13.1. The lowest BCUT2D eigenvalue weighted by molar-refractivity contribution is -0.161. The van der Waals surface area contributed by atoms with Gasteiger partial charge in [-0.25, -0.2) is 4.79 Å². The predicted octanol–water partition coefficient (Wildman–Crippen LogP) is 2.65. The van der Waals surface area contributed by atoms with Crippen LogP contribution in [0.25, 0.3) is 0 Å². The average Bonchev–Trinajstić information content (AvgIpc) is 3.35. The number of ether oxygens (including phenoxy) is 3. The van der Waals surface area contributed by atoms with Crippen LogP contribution in [-0.4, -0.2) is 54.4 Å². The first kappa shape index (κ1) is 22.7. The lowest BCUT2D eigenvalue weighted by atomic mass is 9.57. The van der Waals surface area contributed by atoms with Gasteiger partial charge in [-0.3, -0.25) is 9.59 Å². The summed E-state index contributed by atoms with van der Waals surface area (Å²) in [6, 6.07) is 0. The van der Waals surface area contributed by atoms with Gasteiger partial charge in [0, 0.05) is 35.8 Å². The van der Waals surface area contributed by atoms with Gasteiger partial charge in [-0.1, -0.05) is 6.92 Å². The fourth-order valence-electron chi connectivity index (χ4n) is 5.44. The molecule has 7 heteroatoms. The second kappa shape index (κ2) is 8.27. The van der Waals surface area contributed by atoms with E-state index < -0.39 is 17.0 Å². The molecule has 3 aliphatic rings. The number of epoxide rings is 1. The van der Waals surface area contributed by atoms with Crippen molar-refractivity contribution in [1.82, 2.24) is 0 Å². The summed E-state index contributed by atoms with van der Waals surface area (Å²) in [5.41, 5.74) is 0.381. The standard InChI is InChI=1S/C23H32O7/c1-13(21(27)28-5)16-10-18-22(3,8-6-7-15(12-24)9-17(16)26)19(29-14(2)25)11-20-23(18,4)30-20/h9,18-20,24H,6-8,10-12H2,1-5H3. The van der Waals surface area contributed by atoms with Gasteiger partial charge >= 0.3 is 11.9 Å². The second-order valence-electron chi connectivity index (χ2n) is 9.16. The molecule has 3 rings (SSSR count). The topological polar surface area (TPSA) is 102 Å². The molecule has 1 saturated heterocycles. The molecule has 1 saturated carbocycles. The minimum Gasteiger partial charge on any atom is -0.466 e. The molecule has 0 aromatic rings. The van der Waals surface area contributed by atoms with Gasteiger partial charge < -0.3 is 19.3 Å². The zero-order chi connectivity index (χ0) is 22.3. The Balaban J connectivity index is 2.12. The summed E-state index contributed by atoms with van der Waals surface area (Å²) >= 11 is 0. The molecule has 30 heavy (non-hydrogen) atoms. The average molecular weight is 421 g/mol. The van der Waals surface area contributed by atoms with Crippen LogP contribution in [0.1, 0.15) is 59.8 Å². The molecule has 0 aromatic carbocycles. The van der Waals surface area contributed by atoms with Gasteiger partial charge in [0.2, 0.25) is 0 Å². The Labute approximate surface area is 177 Å². The van der Waals surface area contributed by atoms with Crippen LogP contribution in [-0.2, 0) is 28.6 Å². The third kappa shape index (κ3) is 3.97. The van der Waals surface area contributed by atoms with Crippen LogP contribution in [0.15, 0.2) is 22.8 Å². The summed E-state index contributed by atoms with van der Waals surface area (Å²) in [7, 11) is 1.29. The van der Waals surface area contributed by atoms with Crippen molar-refractivity contribution in [3.8, 4) is 0 Å². The number of methoxy groups -OCH3 is 1. The van der Waals surface area contributed by atoms with Gasteiger partial charge in [0.25, 0.3) is 0 Å². The van der Waals surface area contributed by atoms with Crippen molar-refractivity contribution in [3.63, 3.8) is 0 Å². The first-order valence-corrected chi connectivity index (χ1v) is 10.5. The Hall–Kier alpha value is -1.99. The highest BCUT2D eigenvalue weighted by molar-refractivity contribution is 6.09. The third-order valence-corrected chi connectivity index (χ3v) is 7.34. The molecular weight excluding hydrogens is 388 g/mol. The Bertz CT molecular complexity index is 810. The van der Waals surface area contributed by atoms with Gasteiger partial charge in [0.05, 0.1) is 25.4 Å². The smallest absolute Gasteiger partial charge is 0.333 e. The van der Waals surface area contributed by atoms with E-state index in [0.29, 0.717) is 30.4 Å². The van der Waals surface area contributed by atoms with E-state index in [1.54, 1.807) is 6.92 Å². The fraction of sp³-hybridized carbons (Fsp3) is 0.696. The summed E-state index contributed by atoms with van der Waals surface area (Å²) in [5, 5.41) is 9.71. The van der Waals surface area contributed by atoms with Crippen molar-refractivity contribution in [2.45, 2.75) is 77.6 Å². The van der Waals surface area contributed by atoms with Gasteiger partial charge in [0.15, 0.2) is 5.78 Å². The number of aliphatic hydroxyl groups excluding tert-OH is 1. The summed E-state index contributed by atoms with van der Waals surface area (Å²) in [6.07, 6.45) is 4.06. The quantitative estimate of drug-likeness (QED) is 0.425. The molecule has 5 unspecified atom stereocenters. The van der Waals surface area contributed by atoms with Crippen molar-refractivity contribution in [2.24, 2.45) is 11.3 Å². The van der Waals surface area contributed by atoms with Crippen LogP contribution in [0.5, 0.6) is 0 Å². The molecule has 166 valence electrons. The third-order valence-electron chi connectivity index (χ3n) is 7.34. The molecule has 2 fully saturated rings. The SMILES string of the molecule is COC(=O)C(C)=C1CC2C(C)(CCCC(CO)=CC1=O)C(OC(C)=O)CC1OC12C. The van der Waals surface area contributed by atoms with Crippen LogP contribution < -0.4 is 0 Å². The first-order valence-electron chi connectivity index (χ1n) is 10.5.